The topological polar surface area (TPSA) is 72.1 Å². The number of hydrogen-bond donors (Lipinski definition) is 2. The van der Waals surface area contributed by atoms with Gasteiger partial charge in [-0.2, -0.15) is 5.10 Å². The van der Waals surface area contributed by atoms with Crippen LogP contribution < -0.4 is 14.8 Å². The molecule has 0 atom stereocenters. The van der Waals surface area contributed by atoms with Crippen molar-refractivity contribution >= 4 is 21.9 Å². The van der Waals surface area contributed by atoms with Gasteiger partial charge in [0.15, 0.2) is 11.5 Å². The van der Waals surface area contributed by atoms with Crippen LogP contribution in [0.4, 0.5) is 5.95 Å². The molecule has 3 aromatic rings. The summed E-state index contributed by atoms with van der Waals surface area (Å²) in [6, 6.07) is 12.2. The Balaban J connectivity index is 1.71. The number of benzene rings is 2. The second-order valence-corrected chi connectivity index (χ2v) is 6.43. The van der Waals surface area contributed by atoms with E-state index in [1.54, 1.807) is 7.11 Å². The number of nitrogens with one attached hydrogen (secondary N) is 2. The average Bonchev–Trinajstić information content (AvgIpc) is 3.13. The summed E-state index contributed by atoms with van der Waals surface area (Å²) in [4.78, 5) is 4.04. The lowest BCUT2D eigenvalue weighted by atomic mass is 10.1. The molecule has 3 rings (SSSR count). The summed E-state index contributed by atoms with van der Waals surface area (Å²) in [5.74, 6) is 1.98. The van der Waals surface area contributed by atoms with E-state index in [4.69, 9.17) is 9.47 Å². The molecule has 0 bridgehead atoms. The second kappa shape index (κ2) is 8.02. The van der Waals surface area contributed by atoms with E-state index in [2.05, 4.69) is 67.6 Å². The van der Waals surface area contributed by atoms with Gasteiger partial charge in [-0.1, -0.05) is 29.8 Å². The third-order valence-electron chi connectivity index (χ3n) is 3.67. The van der Waals surface area contributed by atoms with Crippen molar-refractivity contribution in [3.63, 3.8) is 0 Å². The number of aryl methyl sites for hydroxylation is 1. The first-order chi connectivity index (χ1) is 12.2. The van der Waals surface area contributed by atoms with E-state index >= 15 is 0 Å². The number of halogens is 1. The minimum atomic E-state index is 0.477. The minimum absolute atomic E-state index is 0.477. The number of H-pyrrole nitrogens is 1. The average molecular weight is 403 g/mol. The molecule has 130 valence electrons. The molecule has 6 nitrogen and oxygen atoms in total. The molecule has 0 spiro atoms. The minimum Gasteiger partial charge on any atom is -0.493 e. The van der Waals surface area contributed by atoms with E-state index in [1.165, 1.54) is 11.9 Å². The molecule has 0 radical (unpaired) electrons. The van der Waals surface area contributed by atoms with Crippen molar-refractivity contribution < 1.29 is 9.47 Å². The summed E-state index contributed by atoms with van der Waals surface area (Å²) >= 11 is 3.57. The summed E-state index contributed by atoms with van der Waals surface area (Å²) in [5, 5.41) is 9.73. The Morgan fingerprint density at radius 2 is 1.96 bits per heavy atom. The molecule has 0 aliphatic carbocycles. The van der Waals surface area contributed by atoms with Crippen molar-refractivity contribution in [2.24, 2.45) is 0 Å². The number of anilines is 1. The van der Waals surface area contributed by atoms with E-state index in [-0.39, 0.29) is 0 Å². The molecular weight excluding hydrogens is 384 g/mol. The van der Waals surface area contributed by atoms with E-state index in [0.29, 0.717) is 30.6 Å². The number of hydrogen-bond acceptors (Lipinski definition) is 5. The van der Waals surface area contributed by atoms with Crippen LogP contribution in [-0.4, -0.2) is 22.3 Å². The first kappa shape index (κ1) is 17.3. The van der Waals surface area contributed by atoms with Crippen LogP contribution in [0, 0.1) is 6.92 Å². The lowest BCUT2D eigenvalue weighted by molar-refractivity contribution is 0.282. The Morgan fingerprint density at radius 3 is 2.64 bits per heavy atom. The van der Waals surface area contributed by atoms with Gasteiger partial charge in [0.2, 0.25) is 5.95 Å². The highest BCUT2D eigenvalue weighted by atomic mass is 79.9. The summed E-state index contributed by atoms with van der Waals surface area (Å²) < 4.78 is 12.3. The summed E-state index contributed by atoms with van der Waals surface area (Å²) in [6.07, 6.45) is 1.46. The molecule has 1 aromatic heterocycles. The van der Waals surface area contributed by atoms with Crippen molar-refractivity contribution in [3.8, 4) is 11.5 Å². The molecular formula is C18H19BrN4O2. The van der Waals surface area contributed by atoms with Gasteiger partial charge >= 0.3 is 0 Å². The van der Waals surface area contributed by atoms with Crippen LogP contribution in [0.2, 0.25) is 0 Å². The lowest BCUT2D eigenvalue weighted by Crippen LogP contribution is -2.03. The van der Waals surface area contributed by atoms with E-state index < -0.39 is 0 Å². The van der Waals surface area contributed by atoms with Gasteiger partial charge in [-0.05, 0) is 46.1 Å². The normalized spacial score (nSPS) is 10.5. The molecule has 25 heavy (non-hydrogen) atoms. The molecule has 0 aliphatic heterocycles. The van der Waals surface area contributed by atoms with E-state index in [1.807, 2.05) is 12.1 Å². The van der Waals surface area contributed by atoms with Crippen molar-refractivity contribution in [1.29, 1.82) is 0 Å². The second-order valence-electron chi connectivity index (χ2n) is 5.57. The largest absolute Gasteiger partial charge is 0.493 e. The first-order valence-electron chi connectivity index (χ1n) is 7.79. The molecule has 0 unspecified atom stereocenters. The van der Waals surface area contributed by atoms with Gasteiger partial charge in [0.25, 0.3) is 0 Å². The maximum Gasteiger partial charge on any atom is 0.218 e. The van der Waals surface area contributed by atoms with Crippen LogP contribution in [0.25, 0.3) is 0 Å². The zero-order chi connectivity index (χ0) is 17.6. The summed E-state index contributed by atoms with van der Waals surface area (Å²) in [6.45, 7) is 3.13. The molecule has 0 saturated heterocycles. The third-order valence-corrected chi connectivity index (χ3v) is 4.26. The number of ether oxygens (including phenoxy) is 2. The van der Waals surface area contributed by atoms with E-state index in [0.717, 1.165) is 15.6 Å². The standard InChI is InChI=1S/C18H19BrN4O2/c1-12-3-5-13(6-4-12)10-25-17-15(19)7-14(8-16(17)24-2)9-20-18-21-11-22-23-18/h3-8,11H,9-10H2,1-2H3,(H2,20,21,22,23). The quantitative estimate of drug-likeness (QED) is 0.622. The van der Waals surface area contributed by atoms with Crippen molar-refractivity contribution in [1.82, 2.24) is 15.2 Å². The van der Waals surface area contributed by atoms with Gasteiger partial charge < -0.3 is 14.8 Å². The molecule has 2 aromatic carbocycles. The highest BCUT2D eigenvalue weighted by Gasteiger charge is 2.12. The number of methoxy groups -OCH3 is 1. The molecule has 2 N–H and O–H groups in total. The predicted molar refractivity (Wildman–Crippen MR) is 99.9 cm³/mol. The van der Waals surface area contributed by atoms with E-state index in [9.17, 15) is 0 Å². The molecule has 1 heterocycles. The van der Waals surface area contributed by atoms with Gasteiger partial charge in [0.05, 0.1) is 11.6 Å². The third kappa shape index (κ3) is 4.51. The summed E-state index contributed by atoms with van der Waals surface area (Å²) in [7, 11) is 1.63. The Kier molecular flexibility index (Phi) is 5.55. The molecule has 0 fully saturated rings. The maximum absolute atomic E-state index is 5.97. The van der Waals surface area contributed by atoms with Crippen molar-refractivity contribution in [2.75, 3.05) is 12.4 Å². The molecule has 0 saturated carbocycles. The van der Waals surface area contributed by atoms with Gasteiger partial charge in [0, 0.05) is 6.54 Å². The predicted octanol–water partition coefficient (Wildman–Crippen LogP) is 4.08. The van der Waals surface area contributed by atoms with Gasteiger partial charge in [-0.15, -0.1) is 0 Å². The maximum atomic E-state index is 5.97. The van der Waals surface area contributed by atoms with Crippen molar-refractivity contribution in [3.05, 3.63) is 63.9 Å². The Hall–Kier alpha value is -2.54. The summed E-state index contributed by atoms with van der Waals surface area (Å²) in [5.41, 5.74) is 3.37. The fraction of sp³-hybridized carbons (Fsp3) is 0.222. The van der Waals surface area contributed by atoms with Gasteiger partial charge in [-0.3, -0.25) is 0 Å². The smallest absolute Gasteiger partial charge is 0.218 e. The van der Waals surface area contributed by atoms with Crippen molar-refractivity contribution in [2.45, 2.75) is 20.1 Å². The Labute approximate surface area is 154 Å². The monoisotopic (exact) mass is 402 g/mol. The first-order valence-corrected chi connectivity index (χ1v) is 8.59. The van der Waals surface area contributed by atoms with Crippen LogP contribution in [0.15, 0.2) is 47.2 Å². The highest BCUT2D eigenvalue weighted by molar-refractivity contribution is 9.10. The van der Waals surface area contributed by atoms with Gasteiger partial charge in [0.1, 0.15) is 12.9 Å². The fourth-order valence-corrected chi connectivity index (χ4v) is 2.94. The lowest BCUT2D eigenvalue weighted by Gasteiger charge is -2.15. The van der Waals surface area contributed by atoms with Crippen LogP contribution in [0.1, 0.15) is 16.7 Å². The number of nitrogens with zero attached hydrogens (tertiary/aromatic N) is 2. The number of aromatic amines is 1. The SMILES string of the molecule is COc1cc(CNc2ncn[nH]2)cc(Br)c1OCc1ccc(C)cc1. The molecule has 0 amide bonds. The zero-order valence-corrected chi connectivity index (χ0v) is 15.6. The molecule has 0 aliphatic rings. The van der Waals surface area contributed by atoms with Crippen LogP contribution >= 0.6 is 15.9 Å². The highest BCUT2D eigenvalue weighted by Crippen LogP contribution is 2.37. The molecule has 7 heteroatoms. The number of rotatable bonds is 7. The van der Waals surface area contributed by atoms with Crippen LogP contribution in [0.5, 0.6) is 11.5 Å². The zero-order valence-electron chi connectivity index (χ0n) is 14.0. The number of aromatic nitrogens is 3. The Morgan fingerprint density at radius 1 is 1.16 bits per heavy atom. The Bertz CT molecular complexity index is 820. The van der Waals surface area contributed by atoms with Crippen LogP contribution in [0.3, 0.4) is 0 Å². The van der Waals surface area contributed by atoms with Crippen LogP contribution in [-0.2, 0) is 13.2 Å². The van der Waals surface area contributed by atoms with Gasteiger partial charge in [-0.25, -0.2) is 10.1 Å². The fourth-order valence-electron chi connectivity index (χ4n) is 2.33.